The predicted molar refractivity (Wildman–Crippen MR) is 131 cm³/mol. The van der Waals surface area contributed by atoms with Crippen molar-refractivity contribution < 1.29 is 9.53 Å². The molecule has 2 aromatic carbocycles. The normalized spacial score (nSPS) is 11.8. The van der Waals surface area contributed by atoms with Crippen molar-refractivity contribution in [2.45, 2.75) is 38.6 Å². The van der Waals surface area contributed by atoms with Crippen LogP contribution < -0.4 is 10.1 Å². The number of aromatic nitrogens is 3. The Morgan fingerprint density at radius 1 is 1.22 bits per heavy atom. The number of carbonyl (C=O) groups is 1. The molecule has 0 aliphatic heterocycles. The molecule has 32 heavy (non-hydrogen) atoms. The van der Waals surface area contributed by atoms with E-state index in [0.29, 0.717) is 33.3 Å². The molecule has 1 N–H and O–H groups in total. The summed E-state index contributed by atoms with van der Waals surface area (Å²) in [6, 6.07) is 11.0. The molecule has 0 bridgehead atoms. The number of rotatable bonds is 9. The van der Waals surface area contributed by atoms with E-state index in [1.807, 2.05) is 37.5 Å². The Hall–Kier alpha value is -2.48. The number of halogens is 2. The molecule has 9 heteroatoms. The van der Waals surface area contributed by atoms with Crippen LogP contribution in [0, 0.1) is 13.8 Å². The Bertz CT molecular complexity index is 1110. The monoisotopic (exact) mass is 490 g/mol. The van der Waals surface area contributed by atoms with E-state index in [0.717, 1.165) is 16.9 Å². The Morgan fingerprint density at radius 2 is 1.94 bits per heavy atom. The van der Waals surface area contributed by atoms with Crippen molar-refractivity contribution in [3.05, 3.63) is 76.0 Å². The van der Waals surface area contributed by atoms with Crippen LogP contribution in [0.2, 0.25) is 10.0 Å². The van der Waals surface area contributed by atoms with Gasteiger partial charge >= 0.3 is 0 Å². The molecule has 0 saturated carbocycles. The number of hydrogen-bond donors (Lipinski definition) is 1. The van der Waals surface area contributed by atoms with E-state index in [-0.39, 0.29) is 17.8 Å². The van der Waals surface area contributed by atoms with Crippen LogP contribution in [-0.4, -0.2) is 26.4 Å². The molecule has 3 aromatic rings. The summed E-state index contributed by atoms with van der Waals surface area (Å²) in [7, 11) is 0. The summed E-state index contributed by atoms with van der Waals surface area (Å²) >= 11 is 13.4. The number of hydrogen-bond acceptors (Lipinski definition) is 5. The van der Waals surface area contributed by atoms with Gasteiger partial charge in [-0.25, -0.2) is 0 Å². The lowest BCUT2D eigenvalue weighted by Crippen LogP contribution is -2.16. The molecule has 0 fully saturated rings. The summed E-state index contributed by atoms with van der Waals surface area (Å²) in [4.78, 5) is 12.4. The number of anilines is 1. The minimum atomic E-state index is -0.336. The Morgan fingerprint density at radius 3 is 2.62 bits per heavy atom. The molecule has 1 atom stereocenters. The van der Waals surface area contributed by atoms with Crippen LogP contribution >= 0.6 is 35.0 Å². The second-order valence-electron chi connectivity index (χ2n) is 7.28. The van der Waals surface area contributed by atoms with Crippen LogP contribution in [0.1, 0.15) is 30.0 Å². The van der Waals surface area contributed by atoms with Crippen LogP contribution in [0.4, 0.5) is 5.69 Å². The summed E-state index contributed by atoms with van der Waals surface area (Å²) in [5, 5.41) is 12.9. The number of nitrogens with zero attached hydrogens (tertiary/aromatic N) is 3. The minimum absolute atomic E-state index is 0.129. The van der Waals surface area contributed by atoms with Crippen LogP contribution in [0.25, 0.3) is 0 Å². The van der Waals surface area contributed by atoms with Gasteiger partial charge in [-0.15, -0.1) is 16.8 Å². The van der Waals surface area contributed by atoms with Gasteiger partial charge in [0.15, 0.2) is 17.1 Å². The highest BCUT2D eigenvalue weighted by Crippen LogP contribution is 2.28. The average molecular weight is 491 g/mol. The fourth-order valence-corrected chi connectivity index (χ4v) is 4.27. The molecular weight excluding hydrogens is 467 g/mol. The Labute approximate surface area is 202 Å². The third-order valence-electron chi connectivity index (χ3n) is 4.46. The van der Waals surface area contributed by atoms with Crippen LogP contribution in [0.15, 0.2) is 54.2 Å². The van der Waals surface area contributed by atoms with Gasteiger partial charge in [-0.2, -0.15) is 0 Å². The van der Waals surface area contributed by atoms with E-state index in [4.69, 9.17) is 27.9 Å². The third kappa shape index (κ3) is 6.28. The molecule has 0 aliphatic carbocycles. The molecule has 1 amide bonds. The molecule has 0 aliphatic rings. The highest BCUT2D eigenvalue weighted by molar-refractivity contribution is 7.99. The first-order valence-electron chi connectivity index (χ1n) is 9.93. The van der Waals surface area contributed by atoms with Crippen molar-refractivity contribution in [3.63, 3.8) is 0 Å². The summed E-state index contributed by atoms with van der Waals surface area (Å²) in [5.41, 5.74) is 2.72. The van der Waals surface area contributed by atoms with Gasteiger partial charge < -0.3 is 10.1 Å². The van der Waals surface area contributed by atoms with E-state index < -0.39 is 0 Å². The van der Waals surface area contributed by atoms with E-state index >= 15 is 0 Å². The zero-order valence-corrected chi connectivity index (χ0v) is 20.4. The Kier molecular flexibility index (Phi) is 8.23. The minimum Gasteiger partial charge on any atom is -0.483 e. The van der Waals surface area contributed by atoms with E-state index in [1.165, 1.54) is 11.8 Å². The van der Waals surface area contributed by atoms with Gasteiger partial charge in [-0.3, -0.25) is 9.36 Å². The molecule has 0 saturated heterocycles. The fourth-order valence-electron chi connectivity index (χ4n) is 3.18. The van der Waals surface area contributed by atoms with Gasteiger partial charge in [0.1, 0.15) is 5.75 Å². The van der Waals surface area contributed by atoms with Gasteiger partial charge in [0.2, 0.25) is 5.91 Å². The number of allylic oxidation sites excluding steroid dienone is 1. The summed E-state index contributed by atoms with van der Waals surface area (Å²) in [6.07, 6.45) is 1.42. The van der Waals surface area contributed by atoms with E-state index in [9.17, 15) is 4.79 Å². The number of carbonyl (C=O) groups excluding carboxylic acids is 1. The number of thioether (sulfide) groups is 1. The van der Waals surface area contributed by atoms with Gasteiger partial charge in [0.25, 0.3) is 0 Å². The molecule has 3 rings (SSSR count). The van der Waals surface area contributed by atoms with Gasteiger partial charge in [-0.05, 0) is 62.2 Å². The zero-order valence-electron chi connectivity index (χ0n) is 18.1. The number of nitrogens with one attached hydrogen (secondary N) is 1. The number of aryl methyl sites for hydroxylation is 2. The van der Waals surface area contributed by atoms with Crippen LogP contribution in [0.3, 0.4) is 0 Å². The lowest BCUT2D eigenvalue weighted by molar-refractivity contribution is -0.113. The number of benzene rings is 2. The average Bonchev–Trinajstić information content (AvgIpc) is 3.11. The zero-order chi connectivity index (χ0) is 23.3. The fraction of sp³-hybridized carbons (Fsp3) is 0.261. The number of amides is 1. The second-order valence-corrected chi connectivity index (χ2v) is 9.07. The highest BCUT2D eigenvalue weighted by atomic mass is 35.5. The number of ether oxygens (including phenoxy) is 1. The second kappa shape index (κ2) is 10.9. The van der Waals surface area contributed by atoms with Crippen molar-refractivity contribution in [1.82, 2.24) is 14.8 Å². The van der Waals surface area contributed by atoms with Gasteiger partial charge in [0, 0.05) is 11.6 Å². The highest BCUT2D eigenvalue weighted by Gasteiger charge is 2.20. The van der Waals surface area contributed by atoms with Crippen molar-refractivity contribution in [1.29, 1.82) is 0 Å². The molecule has 0 spiro atoms. The van der Waals surface area contributed by atoms with Crippen LogP contribution in [0.5, 0.6) is 5.75 Å². The summed E-state index contributed by atoms with van der Waals surface area (Å²) < 4.78 is 8.01. The maximum Gasteiger partial charge on any atom is 0.234 e. The SMILES string of the molecule is C=CCn1c(SCC(=O)Nc2cc(Cl)ccc2Cl)nnc1C(C)Oc1cc(C)cc(C)c1. The van der Waals surface area contributed by atoms with Crippen molar-refractivity contribution in [2.75, 3.05) is 11.1 Å². The van der Waals surface area contributed by atoms with Crippen molar-refractivity contribution in [2.24, 2.45) is 0 Å². The van der Waals surface area contributed by atoms with Crippen molar-refractivity contribution >= 4 is 46.6 Å². The van der Waals surface area contributed by atoms with Gasteiger partial charge in [-0.1, -0.05) is 47.1 Å². The molecule has 6 nitrogen and oxygen atoms in total. The van der Waals surface area contributed by atoms with E-state index in [2.05, 4.69) is 28.2 Å². The topological polar surface area (TPSA) is 69.0 Å². The lowest BCUT2D eigenvalue weighted by atomic mass is 10.1. The molecule has 1 heterocycles. The largest absolute Gasteiger partial charge is 0.483 e. The smallest absolute Gasteiger partial charge is 0.234 e. The Balaban J connectivity index is 1.70. The molecular formula is C23H24Cl2N4O2S. The standard InChI is InChI=1S/C23H24Cl2N4O2S/c1-5-8-29-22(16(4)31-18-10-14(2)9-15(3)11-18)27-28-23(29)32-13-21(30)26-20-12-17(24)6-7-19(20)25/h5-7,9-12,16H,1,8,13H2,2-4H3,(H,26,30). The quantitative estimate of drug-likeness (QED) is 0.283. The molecule has 1 aromatic heterocycles. The van der Waals surface area contributed by atoms with E-state index in [1.54, 1.807) is 24.3 Å². The lowest BCUT2D eigenvalue weighted by Gasteiger charge is -2.16. The molecule has 168 valence electrons. The first kappa shape index (κ1) is 24.2. The maximum atomic E-state index is 12.4. The summed E-state index contributed by atoms with van der Waals surface area (Å²) in [6.45, 7) is 10.3. The van der Waals surface area contributed by atoms with Crippen LogP contribution in [-0.2, 0) is 11.3 Å². The first-order chi connectivity index (χ1) is 15.3. The third-order valence-corrected chi connectivity index (χ3v) is 6.00. The van der Waals surface area contributed by atoms with Crippen molar-refractivity contribution in [3.8, 4) is 5.75 Å². The molecule has 0 radical (unpaired) electrons. The predicted octanol–water partition coefficient (Wildman–Crippen LogP) is 6.26. The molecule has 1 unspecified atom stereocenters. The maximum absolute atomic E-state index is 12.4. The van der Waals surface area contributed by atoms with Gasteiger partial charge in [0.05, 0.1) is 16.5 Å². The summed E-state index contributed by atoms with van der Waals surface area (Å²) in [5.74, 6) is 1.33. The first-order valence-corrected chi connectivity index (χ1v) is 11.7.